The van der Waals surface area contributed by atoms with Crippen LogP contribution in [-0.2, 0) is 11.4 Å². The zero-order valence-corrected chi connectivity index (χ0v) is 21.0. The minimum Gasteiger partial charge on any atom is -0.489 e. The average Bonchev–Trinajstić information content (AvgIpc) is 3.67. The van der Waals surface area contributed by atoms with Gasteiger partial charge < -0.3 is 9.84 Å². The maximum atomic E-state index is 13.7. The van der Waals surface area contributed by atoms with Gasteiger partial charge in [0.25, 0.3) is 0 Å². The number of hydrogen-bond donors (Lipinski definition) is 1. The van der Waals surface area contributed by atoms with E-state index in [-0.39, 0.29) is 22.9 Å². The van der Waals surface area contributed by atoms with Gasteiger partial charge in [0.05, 0.1) is 22.9 Å². The first kappa shape index (κ1) is 23.7. The molecule has 1 atom stereocenters. The first-order valence-corrected chi connectivity index (χ1v) is 13.5. The Bertz CT molecular complexity index is 1530. The number of hydrogen-bond acceptors (Lipinski definition) is 4. The van der Waals surface area contributed by atoms with Crippen LogP contribution in [0.25, 0.3) is 23.1 Å². The van der Waals surface area contributed by atoms with E-state index in [1.54, 1.807) is 6.07 Å². The van der Waals surface area contributed by atoms with Crippen molar-refractivity contribution in [3.05, 3.63) is 107 Å². The molecule has 1 aromatic heterocycles. The minimum atomic E-state index is -0.722. The number of ether oxygens (including phenoxy) is 1. The summed E-state index contributed by atoms with van der Waals surface area (Å²) in [6.45, 7) is 0.507. The first-order valence-electron chi connectivity index (χ1n) is 12.4. The Morgan fingerprint density at radius 3 is 2.73 bits per heavy atom. The van der Waals surface area contributed by atoms with Gasteiger partial charge in [-0.1, -0.05) is 42.5 Å². The molecule has 0 amide bonds. The Morgan fingerprint density at radius 2 is 1.89 bits per heavy atom. The number of rotatable bonds is 7. The van der Waals surface area contributed by atoms with Gasteiger partial charge in [0.1, 0.15) is 18.2 Å². The van der Waals surface area contributed by atoms with Crippen LogP contribution in [0, 0.1) is 11.2 Å². The van der Waals surface area contributed by atoms with E-state index in [4.69, 9.17) is 4.74 Å². The second kappa shape index (κ2) is 9.67. The maximum Gasteiger partial charge on any atom is 0.303 e. The molecule has 2 aliphatic rings. The second-order valence-corrected chi connectivity index (χ2v) is 11.0. The largest absolute Gasteiger partial charge is 0.489 e. The standard InChI is InChI=1S/C31H26FNO3S/c32-23-9-7-21-8-11-24(33-27(21)16-23)10-5-20-6-12-28-26(15-20)30(25-4-2-1-3-22(25)18-36-28)37-19-31(13-14-31)17-29(34)35/h1-12,15-16,30H,13-14,17-19H2,(H,34,35)/b10-5+. The predicted molar refractivity (Wildman–Crippen MR) is 146 cm³/mol. The number of aliphatic carboxylic acids is 1. The summed E-state index contributed by atoms with van der Waals surface area (Å²) < 4.78 is 19.9. The highest BCUT2D eigenvalue weighted by Gasteiger charge is 2.45. The topological polar surface area (TPSA) is 59.4 Å². The van der Waals surface area contributed by atoms with Crippen molar-refractivity contribution in [2.24, 2.45) is 5.41 Å². The molecule has 186 valence electrons. The van der Waals surface area contributed by atoms with Crippen molar-refractivity contribution in [3.63, 3.8) is 0 Å². The molecule has 6 rings (SSSR count). The number of carboxylic acid groups (broad SMARTS) is 1. The molecule has 0 bridgehead atoms. The molecule has 3 aromatic carbocycles. The average molecular weight is 512 g/mol. The van der Waals surface area contributed by atoms with Crippen molar-refractivity contribution in [2.45, 2.75) is 31.1 Å². The molecule has 6 heteroatoms. The molecule has 1 fully saturated rings. The third-order valence-electron chi connectivity index (χ3n) is 7.20. The van der Waals surface area contributed by atoms with Crippen LogP contribution >= 0.6 is 11.8 Å². The fourth-order valence-corrected chi connectivity index (χ4v) is 6.63. The minimum absolute atomic E-state index is 0.0510. The number of nitrogens with zero attached hydrogens (tertiary/aromatic N) is 1. The Balaban J connectivity index is 1.32. The van der Waals surface area contributed by atoms with E-state index in [1.807, 2.05) is 54.2 Å². The Hall–Kier alpha value is -3.64. The molecule has 4 nitrogen and oxygen atoms in total. The Labute approximate surface area is 219 Å². The monoisotopic (exact) mass is 511 g/mol. The third-order valence-corrected chi connectivity index (χ3v) is 8.82. The van der Waals surface area contributed by atoms with Crippen LogP contribution in [0.5, 0.6) is 5.75 Å². The van der Waals surface area contributed by atoms with Gasteiger partial charge in [-0.05, 0) is 71.4 Å². The van der Waals surface area contributed by atoms with Gasteiger partial charge in [0, 0.05) is 22.8 Å². The van der Waals surface area contributed by atoms with E-state index >= 15 is 0 Å². The number of thioether (sulfide) groups is 1. The van der Waals surface area contributed by atoms with E-state index < -0.39 is 5.97 Å². The van der Waals surface area contributed by atoms with E-state index in [9.17, 15) is 14.3 Å². The van der Waals surface area contributed by atoms with Gasteiger partial charge in [-0.25, -0.2) is 9.37 Å². The third kappa shape index (κ3) is 5.12. The molecular formula is C31H26FNO3S. The van der Waals surface area contributed by atoms with Crippen LogP contribution < -0.4 is 4.74 Å². The molecule has 0 saturated heterocycles. The zero-order valence-electron chi connectivity index (χ0n) is 20.2. The van der Waals surface area contributed by atoms with Gasteiger partial charge in [-0.2, -0.15) is 0 Å². The lowest BCUT2D eigenvalue weighted by Gasteiger charge is -2.22. The first-order chi connectivity index (χ1) is 18.0. The van der Waals surface area contributed by atoms with Crippen LogP contribution in [-0.4, -0.2) is 21.8 Å². The molecule has 2 heterocycles. The van der Waals surface area contributed by atoms with E-state index in [0.29, 0.717) is 12.1 Å². The number of benzene rings is 3. The lowest BCUT2D eigenvalue weighted by molar-refractivity contribution is -0.138. The summed E-state index contributed by atoms with van der Waals surface area (Å²) in [6.07, 6.45) is 6.11. The lowest BCUT2D eigenvalue weighted by Crippen LogP contribution is -2.12. The van der Waals surface area contributed by atoms with Crippen LogP contribution in [0.4, 0.5) is 4.39 Å². The summed E-state index contributed by atoms with van der Waals surface area (Å²) in [6, 6.07) is 23.0. The second-order valence-electron chi connectivity index (χ2n) is 9.95. The van der Waals surface area contributed by atoms with Crippen LogP contribution in [0.1, 0.15) is 52.5 Å². The molecule has 1 aliphatic heterocycles. The Kier molecular flexibility index (Phi) is 6.21. The predicted octanol–water partition coefficient (Wildman–Crippen LogP) is 7.51. The molecular weight excluding hydrogens is 485 g/mol. The van der Waals surface area contributed by atoms with Crippen molar-refractivity contribution in [1.29, 1.82) is 0 Å². The Morgan fingerprint density at radius 1 is 1.05 bits per heavy atom. The molecule has 0 radical (unpaired) electrons. The summed E-state index contributed by atoms with van der Waals surface area (Å²) in [7, 11) is 0. The van der Waals surface area contributed by atoms with Crippen molar-refractivity contribution in [1.82, 2.24) is 4.98 Å². The number of carboxylic acids is 1. The highest BCUT2D eigenvalue weighted by atomic mass is 32.2. The van der Waals surface area contributed by atoms with Crippen LogP contribution in [0.3, 0.4) is 0 Å². The molecule has 4 aromatic rings. The van der Waals surface area contributed by atoms with Crippen molar-refractivity contribution in [2.75, 3.05) is 5.75 Å². The summed E-state index contributed by atoms with van der Waals surface area (Å²) in [5, 5.41) is 10.3. The fraction of sp³-hybridized carbons (Fsp3) is 0.226. The summed E-state index contributed by atoms with van der Waals surface area (Å²) in [5.41, 5.74) is 5.76. The summed E-state index contributed by atoms with van der Waals surface area (Å²) in [4.78, 5) is 16.0. The normalized spacial score (nSPS) is 17.6. The van der Waals surface area contributed by atoms with Crippen LogP contribution in [0.15, 0.2) is 72.8 Å². The van der Waals surface area contributed by atoms with Gasteiger partial charge in [-0.15, -0.1) is 11.8 Å². The number of carbonyl (C=O) groups is 1. The number of pyridine rings is 1. The molecule has 37 heavy (non-hydrogen) atoms. The van der Waals surface area contributed by atoms with Crippen LogP contribution in [0.2, 0.25) is 0 Å². The number of halogens is 1. The molecule has 0 spiro atoms. The SMILES string of the molecule is O=C(O)CC1(CSC2c3ccccc3COc3ccc(/C=C/c4ccc5ccc(F)cc5n4)cc32)CC1. The highest BCUT2D eigenvalue weighted by Crippen LogP contribution is 2.55. The van der Waals surface area contributed by atoms with E-state index in [1.165, 1.54) is 17.7 Å². The fourth-order valence-electron chi connectivity index (χ4n) is 4.94. The molecule has 1 N–H and O–H groups in total. The maximum absolute atomic E-state index is 13.7. The van der Waals surface area contributed by atoms with E-state index in [0.717, 1.165) is 52.1 Å². The molecule has 1 unspecified atom stereocenters. The van der Waals surface area contributed by atoms with Gasteiger partial charge in [0.15, 0.2) is 0 Å². The lowest BCUT2D eigenvalue weighted by atomic mass is 9.98. The smallest absolute Gasteiger partial charge is 0.303 e. The zero-order chi connectivity index (χ0) is 25.4. The van der Waals surface area contributed by atoms with Gasteiger partial charge in [-0.3, -0.25) is 4.79 Å². The molecule has 1 saturated carbocycles. The molecule has 1 aliphatic carbocycles. The summed E-state index contributed by atoms with van der Waals surface area (Å²) >= 11 is 1.82. The number of fused-ring (bicyclic) bond motifs is 3. The van der Waals surface area contributed by atoms with E-state index in [2.05, 4.69) is 29.2 Å². The number of aromatic nitrogens is 1. The van der Waals surface area contributed by atoms with Crippen molar-refractivity contribution in [3.8, 4) is 5.75 Å². The summed E-state index contributed by atoms with van der Waals surface area (Å²) in [5.74, 6) is 0.635. The van der Waals surface area contributed by atoms with Crippen molar-refractivity contribution < 1.29 is 19.0 Å². The quantitative estimate of drug-likeness (QED) is 0.278. The van der Waals surface area contributed by atoms with Crippen molar-refractivity contribution >= 4 is 40.8 Å². The van der Waals surface area contributed by atoms with Gasteiger partial charge >= 0.3 is 5.97 Å². The highest BCUT2D eigenvalue weighted by molar-refractivity contribution is 7.99. The van der Waals surface area contributed by atoms with Gasteiger partial charge in [0.2, 0.25) is 0 Å².